The molecule has 0 unspecified atom stereocenters. The fourth-order valence-corrected chi connectivity index (χ4v) is 1.69. The molecule has 0 aromatic carbocycles. The summed E-state index contributed by atoms with van der Waals surface area (Å²) >= 11 is 0. The van der Waals surface area contributed by atoms with Gasteiger partial charge in [0, 0.05) is 13.1 Å². The van der Waals surface area contributed by atoms with Crippen molar-refractivity contribution in [1.82, 2.24) is 9.88 Å². The molecular formula is C11H15N3O2. The van der Waals surface area contributed by atoms with Crippen LogP contribution in [0.2, 0.25) is 0 Å². The number of hydrogen-bond donors (Lipinski definition) is 1. The van der Waals surface area contributed by atoms with Gasteiger partial charge in [0.05, 0.1) is 6.20 Å². The summed E-state index contributed by atoms with van der Waals surface area (Å²) in [6.45, 7) is 1.56. The molecule has 2 heterocycles. The van der Waals surface area contributed by atoms with Gasteiger partial charge in [0.25, 0.3) is 0 Å². The zero-order valence-electron chi connectivity index (χ0n) is 9.06. The first-order chi connectivity index (χ1) is 7.75. The second-order valence-corrected chi connectivity index (χ2v) is 3.83. The second-order valence-electron chi connectivity index (χ2n) is 3.83. The Morgan fingerprint density at radius 1 is 1.31 bits per heavy atom. The average Bonchev–Trinajstić information content (AvgIpc) is 2.33. The molecular weight excluding hydrogens is 206 g/mol. The molecule has 1 fully saturated rings. The first-order valence-electron chi connectivity index (χ1n) is 5.44. The van der Waals surface area contributed by atoms with Gasteiger partial charge >= 0.3 is 6.09 Å². The van der Waals surface area contributed by atoms with Crippen LogP contribution in [0.4, 0.5) is 10.6 Å². The summed E-state index contributed by atoms with van der Waals surface area (Å²) < 4.78 is 5.18. The number of anilines is 1. The summed E-state index contributed by atoms with van der Waals surface area (Å²) in [5.74, 6) is 0.850. The van der Waals surface area contributed by atoms with E-state index in [1.54, 1.807) is 17.0 Å². The van der Waals surface area contributed by atoms with Crippen molar-refractivity contribution in [3.05, 3.63) is 18.3 Å². The van der Waals surface area contributed by atoms with Crippen molar-refractivity contribution in [2.45, 2.75) is 19.3 Å². The third-order valence-corrected chi connectivity index (χ3v) is 2.58. The van der Waals surface area contributed by atoms with E-state index in [4.69, 9.17) is 10.5 Å². The molecule has 1 amide bonds. The minimum absolute atomic E-state index is 0.300. The second kappa shape index (κ2) is 4.83. The molecule has 0 atom stereocenters. The summed E-state index contributed by atoms with van der Waals surface area (Å²) in [4.78, 5) is 17.3. The lowest BCUT2D eigenvalue weighted by atomic mass is 10.1. The molecule has 0 bridgehead atoms. The molecule has 1 aliphatic heterocycles. The van der Waals surface area contributed by atoms with Crippen molar-refractivity contribution in [2.75, 3.05) is 18.8 Å². The van der Waals surface area contributed by atoms with E-state index in [0.717, 1.165) is 25.9 Å². The van der Waals surface area contributed by atoms with Crippen molar-refractivity contribution in [3.8, 4) is 5.75 Å². The fraction of sp³-hybridized carbons (Fsp3) is 0.455. The number of likely N-dealkylation sites (tertiary alicyclic amines) is 1. The minimum Gasteiger partial charge on any atom is -0.409 e. The minimum atomic E-state index is -0.300. The first-order valence-corrected chi connectivity index (χ1v) is 5.44. The van der Waals surface area contributed by atoms with Crippen LogP contribution in [-0.4, -0.2) is 29.1 Å². The lowest BCUT2D eigenvalue weighted by Crippen LogP contribution is -2.37. The third-order valence-electron chi connectivity index (χ3n) is 2.58. The fourth-order valence-electron chi connectivity index (χ4n) is 1.69. The molecule has 1 aromatic heterocycles. The van der Waals surface area contributed by atoms with E-state index in [1.807, 2.05) is 0 Å². The normalized spacial score (nSPS) is 15.9. The number of carbonyl (C=O) groups excluding carboxylic acids is 1. The number of aromatic nitrogens is 1. The van der Waals surface area contributed by atoms with E-state index < -0.39 is 0 Å². The molecule has 0 radical (unpaired) electrons. The zero-order chi connectivity index (χ0) is 11.4. The van der Waals surface area contributed by atoms with Crippen LogP contribution in [0.5, 0.6) is 5.75 Å². The summed E-state index contributed by atoms with van der Waals surface area (Å²) in [5.41, 5.74) is 5.44. The van der Waals surface area contributed by atoms with Crippen LogP contribution in [0.3, 0.4) is 0 Å². The van der Waals surface area contributed by atoms with E-state index in [-0.39, 0.29) is 6.09 Å². The smallest absolute Gasteiger partial charge is 0.409 e. The van der Waals surface area contributed by atoms with Crippen LogP contribution in [0, 0.1) is 0 Å². The third kappa shape index (κ3) is 2.62. The number of rotatable bonds is 1. The molecule has 0 spiro atoms. The molecule has 0 saturated carbocycles. The van der Waals surface area contributed by atoms with Gasteiger partial charge < -0.3 is 15.4 Å². The maximum Gasteiger partial charge on any atom is 0.415 e. The van der Waals surface area contributed by atoms with Crippen LogP contribution in [0.1, 0.15) is 19.3 Å². The number of hydrogen-bond acceptors (Lipinski definition) is 4. The van der Waals surface area contributed by atoms with Gasteiger partial charge in [-0.05, 0) is 31.4 Å². The van der Waals surface area contributed by atoms with E-state index in [0.29, 0.717) is 11.6 Å². The quantitative estimate of drug-likeness (QED) is 0.782. The molecule has 0 aliphatic carbocycles. The van der Waals surface area contributed by atoms with Gasteiger partial charge in [-0.2, -0.15) is 0 Å². The lowest BCUT2D eigenvalue weighted by molar-refractivity contribution is 0.142. The highest BCUT2D eigenvalue weighted by Crippen LogP contribution is 2.14. The predicted molar refractivity (Wildman–Crippen MR) is 60.1 cm³/mol. The molecule has 86 valence electrons. The van der Waals surface area contributed by atoms with Gasteiger partial charge in [-0.15, -0.1) is 0 Å². The SMILES string of the molecule is Nc1ccc(OC(=O)N2CCCCC2)cn1. The van der Waals surface area contributed by atoms with E-state index >= 15 is 0 Å². The number of ether oxygens (including phenoxy) is 1. The largest absolute Gasteiger partial charge is 0.415 e. The molecule has 2 rings (SSSR count). The number of nitrogens with two attached hydrogens (primary N) is 1. The molecule has 1 aliphatic rings. The Morgan fingerprint density at radius 2 is 2.06 bits per heavy atom. The molecule has 1 aromatic rings. The molecule has 2 N–H and O–H groups in total. The Balaban J connectivity index is 1.93. The maximum atomic E-state index is 11.7. The summed E-state index contributed by atoms with van der Waals surface area (Å²) in [5, 5.41) is 0. The van der Waals surface area contributed by atoms with Gasteiger partial charge in [0.2, 0.25) is 0 Å². The average molecular weight is 221 g/mol. The van der Waals surface area contributed by atoms with Crippen LogP contribution >= 0.6 is 0 Å². The van der Waals surface area contributed by atoms with E-state index in [2.05, 4.69) is 4.98 Å². The van der Waals surface area contributed by atoms with Crippen molar-refractivity contribution in [3.63, 3.8) is 0 Å². The zero-order valence-corrected chi connectivity index (χ0v) is 9.06. The van der Waals surface area contributed by atoms with E-state index in [1.165, 1.54) is 12.6 Å². The highest BCUT2D eigenvalue weighted by atomic mass is 16.6. The highest BCUT2D eigenvalue weighted by Gasteiger charge is 2.18. The number of nitrogens with zero attached hydrogens (tertiary/aromatic N) is 2. The summed E-state index contributed by atoms with van der Waals surface area (Å²) in [6, 6.07) is 3.25. The Hall–Kier alpha value is -1.78. The Morgan fingerprint density at radius 3 is 2.69 bits per heavy atom. The molecule has 16 heavy (non-hydrogen) atoms. The Labute approximate surface area is 94.2 Å². The van der Waals surface area contributed by atoms with Crippen LogP contribution in [-0.2, 0) is 0 Å². The van der Waals surface area contributed by atoms with Gasteiger partial charge in [0.1, 0.15) is 5.82 Å². The van der Waals surface area contributed by atoms with Crippen LogP contribution in [0.15, 0.2) is 18.3 Å². The Bertz CT molecular complexity index is 358. The van der Waals surface area contributed by atoms with Crippen LogP contribution in [0.25, 0.3) is 0 Å². The van der Waals surface area contributed by atoms with Crippen LogP contribution < -0.4 is 10.5 Å². The van der Waals surface area contributed by atoms with Gasteiger partial charge in [-0.1, -0.05) is 0 Å². The molecule has 5 heteroatoms. The van der Waals surface area contributed by atoms with Gasteiger partial charge in [0.15, 0.2) is 5.75 Å². The lowest BCUT2D eigenvalue weighted by Gasteiger charge is -2.25. The Kier molecular flexibility index (Phi) is 3.24. The monoisotopic (exact) mass is 221 g/mol. The first kappa shape index (κ1) is 10.7. The highest BCUT2D eigenvalue weighted by molar-refractivity contribution is 5.70. The number of piperidine rings is 1. The van der Waals surface area contributed by atoms with Gasteiger partial charge in [-0.25, -0.2) is 9.78 Å². The standard InChI is InChI=1S/C11H15N3O2/c12-10-5-4-9(8-13-10)16-11(15)14-6-2-1-3-7-14/h4-5,8H,1-3,6-7H2,(H2,12,13). The van der Waals surface area contributed by atoms with Crippen molar-refractivity contribution < 1.29 is 9.53 Å². The summed E-state index contributed by atoms with van der Waals surface area (Å²) in [6.07, 6.45) is 4.44. The maximum absolute atomic E-state index is 11.7. The number of amides is 1. The number of pyridine rings is 1. The molecule has 1 saturated heterocycles. The van der Waals surface area contributed by atoms with Crippen molar-refractivity contribution >= 4 is 11.9 Å². The van der Waals surface area contributed by atoms with E-state index in [9.17, 15) is 4.79 Å². The predicted octanol–water partition coefficient (Wildman–Crippen LogP) is 1.65. The number of nitrogen functional groups attached to an aromatic ring is 1. The van der Waals surface area contributed by atoms with Crippen molar-refractivity contribution in [1.29, 1.82) is 0 Å². The number of carbonyl (C=O) groups is 1. The van der Waals surface area contributed by atoms with Gasteiger partial charge in [-0.3, -0.25) is 0 Å². The van der Waals surface area contributed by atoms with Crippen molar-refractivity contribution in [2.24, 2.45) is 0 Å². The topological polar surface area (TPSA) is 68.5 Å². The molecule has 5 nitrogen and oxygen atoms in total. The summed E-state index contributed by atoms with van der Waals surface area (Å²) in [7, 11) is 0.